The molecule has 3 aromatic rings. The SMILES string of the molecule is Cc1nc(CN(C)C(=O)c2cnn(-c3ccc(F)cc3)c2C)cs1. The standard InChI is InChI=1S/C17H17FN4OS/c1-11-16(8-19-22(11)15-6-4-13(18)5-7-15)17(23)21(3)9-14-10-24-12(2)20-14/h4-8,10H,9H2,1-3H3. The van der Waals surface area contributed by atoms with E-state index in [1.807, 2.05) is 19.2 Å². The van der Waals surface area contributed by atoms with Crippen molar-refractivity contribution in [1.29, 1.82) is 0 Å². The molecule has 0 aliphatic rings. The van der Waals surface area contributed by atoms with Gasteiger partial charge in [0.2, 0.25) is 0 Å². The Hall–Kier alpha value is -2.54. The molecule has 0 radical (unpaired) electrons. The molecule has 1 amide bonds. The van der Waals surface area contributed by atoms with Crippen LogP contribution in [-0.4, -0.2) is 32.6 Å². The molecule has 0 aliphatic heterocycles. The minimum absolute atomic E-state index is 0.119. The van der Waals surface area contributed by atoms with Crippen molar-refractivity contribution in [3.63, 3.8) is 0 Å². The van der Waals surface area contributed by atoms with Crippen LogP contribution in [0.4, 0.5) is 4.39 Å². The highest BCUT2D eigenvalue weighted by atomic mass is 32.1. The van der Waals surface area contributed by atoms with E-state index in [0.29, 0.717) is 23.5 Å². The first kappa shape index (κ1) is 16.3. The first-order valence-electron chi connectivity index (χ1n) is 7.42. The average Bonchev–Trinajstić information content (AvgIpc) is 3.13. The highest BCUT2D eigenvalue weighted by Crippen LogP contribution is 2.17. The monoisotopic (exact) mass is 344 g/mol. The zero-order chi connectivity index (χ0) is 17.3. The van der Waals surface area contributed by atoms with E-state index in [4.69, 9.17) is 0 Å². The molecule has 0 unspecified atom stereocenters. The fourth-order valence-corrected chi connectivity index (χ4v) is 3.07. The van der Waals surface area contributed by atoms with Gasteiger partial charge >= 0.3 is 0 Å². The zero-order valence-corrected chi connectivity index (χ0v) is 14.5. The Morgan fingerprint density at radius 3 is 2.62 bits per heavy atom. The number of thiazole rings is 1. The van der Waals surface area contributed by atoms with E-state index < -0.39 is 0 Å². The Balaban J connectivity index is 1.81. The van der Waals surface area contributed by atoms with Gasteiger partial charge in [-0.25, -0.2) is 14.1 Å². The number of carbonyl (C=O) groups is 1. The molecule has 2 aromatic heterocycles. The fourth-order valence-electron chi connectivity index (χ4n) is 2.46. The Labute approximate surface area is 143 Å². The molecule has 124 valence electrons. The molecule has 0 atom stereocenters. The highest BCUT2D eigenvalue weighted by Gasteiger charge is 2.19. The second-order valence-electron chi connectivity index (χ2n) is 5.55. The maximum atomic E-state index is 13.1. The predicted molar refractivity (Wildman–Crippen MR) is 90.9 cm³/mol. The Morgan fingerprint density at radius 2 is 2.00 bits per heavy atom. The second kappa shape index (κ2) is 6.52. The smallest absolute Gasteiger partial charge is 0.257 e. The summed E-state index contributed by atoms with van der Waals surface area (Å²) in [5, 5.41) is 7.19. The van der Waals surface area contributed by atoms with Gasteiger partial charge in [-0.15, -0.1) is 11.3 Å². The number of aromatic nitrogens is 3. The third-order valence-corrected chi connectivity index (χ3v) is 4.55. The summed E-state index contributed by atoms with van der Waals surface area (Å²) in [4.78, 5) is 18.7. The zero-order valence-electron chi connectivity index (χ0n) is 13.7. The summed E-state index contributed by atoms with van der Waals surface area (Å²) in [7, 11) is 1.74. The summed E-state index contributed by atoms with van der Waals surface area (Å²) in [5.74, 6) is -0.426. The minimum Gasteiger partial charge on any atom is -0.336 e. The molecular formula is C17H17FN4OS. The van der Waals surface area contributed by atoms with E-state index in [1.54, 1.807) is 46.3 Å². The van der Waals surface area contributed by atoms with Crippen LogP contribution in [0, 0.1) is 19.7 Å². The molecule has 0 spiro atoms. The molecule has 0 saturated heterocycles. The van der Waals surface area contributed by atoms with Gasteiger partial charge in [0.15, 0.2) is 0 Å². The Kier molecular flexibility index (Phi) is 4.44. The van der Waals surface area contributed by atoms with Gasteiger partial charge in [0.05, 0.1) is 40.4 Å². The van der Waals surface area contributed by atoms with Gasteiger partial charge in [-0.2, -0.15) is 5.10 Å². The molecule has 1 aromatic carbocycles. The van der Waals surface area contributed by atoms with E-state index in [2.05, 4.69) is 10.1 Å². The number of hydrogen-bond donors (Lipinski definition) is 0. The van der Waals surface area contributed by atoms with Gasteiger partial charge in [0.1, 0.15) is 5.82 Å². The summed E-state index contributed by atoms with van der Waals surface area (Å²) >= 11 is 1.56. The predicted octanol–water partition coefficient (Wildman–Crippen LogP) is 3.36. The number of aryl methyl sites for hydroxylation is 1. The Morgan fingerprint density at radius 1 is 1.29 bits per heavy atom. The van der Waals surface area contributed by atoms with Gasteiger partial charge < -0.3 is 4.90 Å². The Bertz CT molecular complexity index is 869. The number of halogens is 1. The lowest BCUT2D eigenvalue weighted by atomic mass is 10.2. The normalized spacial score (nSPS) is 10.8. The highest BCUT2D eigenvalue weighted by molar-refractivity contribution is 7.09. The molecule has 0 aliphatic carbocycles. The van der Waals surface area contributed by atoms with Crippen LogP contribution < -0.4 is 0 Å². The molecular weight excluding hydrogens is 327 g/mol. The van der Waals surface area contributed by atoms with Crippen LogP contribution in [0.25, 0.3) is 5.69 Å². The van der Waals surface area contributed by atoms with Crippen molar-refractivity contribution < 1.29 is 9.18 Å². The van der Waals surface area contributed by atoms with Crippen molar-refractivity contribution in [1.82, 2.24) is 19.7 Å². The fraction of sp³-hybridized carbons (Fsp3) is 0.235. The minimum atomic E-state index is -0.307. The van der Waals surface area contributed by atoms with Crippen molar-refractivity contribution in [2.75, 3.05) is 7.05 Å². The summed E-state index contributed by atoms with van der Waals surface area (Å²) < 4.78 is 14.7. The van der Waals surface area contributed by atoms with Crippen LogP contribution in [0.15, 0.2) is 35.8 Å². The van der Waals surface area contributed by atoms with Crippen LogP contribution >= 0.6 is 11.3 Å². The summed E-state index contributed by atoms with van der Waals surface area (Å²) in [5.41, 5.74) is 2.82. The average molecular weight is 344 g/mol. The number of nitrogens with zero attached hydrogens (tertiary/aromatic N) is 4. The number of amides is 1. The van der Waals surface area contributed by atoms with E-state index in [-0.39, 0.29) is 11.7 Å². The molecule has 0 bridgehead atoms. The lowest BCUT2D eigenvalue weighted by Crippen LogP contribution is -2.26. The van der Waals surface area contributed by atoms with E-state index in [1.165, 1.54) is 12.1 Å². The molecule has 24 heavy (non-hydrogen) atoms. The first-order chi connectivity index (χ1) is 11.5. The van der Waals surface area contributed by atoms with Crippen LogP contribution in [0.1, 0.15) is 26.8 Å². The molecule has 7 heteroatoms. The van der Waals surface area contributed by atoms with Gasteiger partial charge in [-0.05, 0) is 38.1 Å². The largest absolute Gasteiger partial charge is 0.336 e. The van der Waals surface area contributed by atoms with E-state index in [9.17, 15) is 9.18 Å². The third kappa shape index (κ3) is 3.21. The van der Waals surface area contributed by atoms with Crippen LogP contribution in [-0.2, 0) is 6.54 Å². The van der Waals surface area contributed by atoms with Gasteiger partial charge in [-0.3, -0.25) is 4.79 Å². The maximum Gasteiger partial charge on any atom is 0.257 e. The van der Waals surface area contributed by atoms with Crippen LogP contribution in [0.3, 0.4) is 0 Å². The first-order valence-corrected chi connectivity index (χ1v) is 8.30. The summed E-state index contributed by atoms with van der Waals surface area (Å²) in [6, 6.07) is 6.00. The number of benzene rings is 1. The van der Waals surface area contributed by atoms with Crippen molar-refractivity contribution in [2.24, 2.45) is 0 Å². The molecule has 0 N–H and O–H groups in total. The maximum absolute atomic E-state index is 13.1. The number of rotatable bonds is 4. The van der Waals surface area contributed by atoms with Gasteiger partial charge in [0.25, 0.3) is 5.91 Å². The molecule has 3 rings (SSSR count). The van der Waals surface area contributed by atoms with Crippen molar-refractivity contribution >= 4 is 17.2 Å². The topological polar surface area (TPSA) is 51.0 Å². The number of hydrogen-bond acceptors (Lipinski definition) is 4. The summed E-state index contributed by atoms with van der Waals surface area (Å²) in [6.07, 6.45) is 1.55. The summed E-state index contributed by atoms with van der Waals surface area (Å²) in [6.45, 7) is 4.21. The van der Waals surface area contributed by atoms with Crippen molar-refractivity contribution in [3.8, 4) is 5.69 Å². The molecule has 2 heterocycles. The molecule has 0 fully saturated rings. The quantitative estimate of drug-likeness (QED) is 0.729. The van der Waals surface area contributed by atoms with Gasteiger partial charge in [-0.1, -0.05) is 0 Å². The van der Waals surface area contributed by atoms with E-state index in [0.717, 1.165) is 10.7 Å². The molecule has 0 saturated carbocycles. The third-order valence-electron chi connectivity index (χ3n) is 3.72. The van der Waals surface area contributed by atoms with Crippen LogP contribution in [0.5, 0.6) is 0 Å². The van der Waals surface area contributed by atoms with E-state index >= 15 is 0 Å². The van der Waals surface area contributed by atoms with Crippen LogP contribution in [0.2, 0.25) is 0 Å². The molecule has 5 nitrogen and oxygen atoms in total. The second-order valence-corrected chi connectivity index (χ2v) is 6.61. The lowest BCUT2D eigenvalue weighted by molar-refractivity contribution is 0.0783. The lowest BCUT2D eigenvalue weighted by Gasteiger charge is -2.15. The van der Waals surface area contributed by atoms with Gasteiger partial charge in [0, 0.05) is 12.4 Å². The van der Waals surface area contributed by atoms with Crippen molar-refractivity contribution in [2.45, 2.75) is 20.4 Å². The number of carbonyl (C=O) groups excluding carboxylic acids is 1. The van der Waals surface area contributed by atoms with Crippen molar-refractivity contribution in [3.05, 3.63) is 63.6 Å².